The fraction of sp³-hybridized carbons (Fsp3) is 0.786. The zero-order valence-corrected chi connectivity index (χ0v) is 13.6. The van der Waals surface area contributed by atoms with Crippen LogP contribution in [0, 0.1) is 0 Å². The van der Waals surface area contributed by atoms with E-state index in [9.17, 15) is 19.1 Å². The Balaban J connectivity index is 5.23. The first-order valence-corrected chi connectivity index (χ1v) is 8.94. The lowest BCUT2D eigenvalue weighted by molar-refractivity contribution is -0.139. The van der Waals surface area contributed by atoms with Gasteiger partial charge in [0.25, 0.3) is 0 Å². The van der Waals surface area contributed by atoms with Crippen molar-refractivity contribution in [2.45, 2.75) is 65.7 Å². The monoisotopic (exact) mass is 306 g/mol. The van der Waals surface area contributed by atoms with Crippen molar-refractivity contribution in [1.29, 1.82) is 0 Å². The van der Waals surface area contributed by atoms with E-state index in [2.05, 4.69) is 0 Å². The number of carbonyl (C=O) groups excluding carboxylic acids is 1. The van der Waals surface area contributed by atoms with Crippen LogP contribution in [-0.2, 0) is 14.1 Å². The Morgan fingerprint density at radius 3 is 2.05 bits per heavy atom. The van der Waals surface area contributed by atoms with Crippen LogP contribution in [0.3, 0.4) is 0 Å². The van der Waals surface area contributed by atoms with Crippen LogP contribution in [0.15, 0.2) is 10.9 Å². The second kappa shape index (κ2) is 10.1. The summed E-state index contributed by atoms with van der Waals surface area (Å²) in [6.07, 6.45) is 4.36. The Bertz CT molecular complexity index is 370. The van der Waals surface area contributed by atoms with Crippen molar-refractivity contribution >= 4 is 13.6 Å². The Labute approximate surface area is 121 Å². The Morgan fingerprint density at radius 1 is 1.00 bits per heavy atom. The van der Waals surface area contributed by atoms with Gasteiger partial charge in [-0.25, -0.2) is 4.79 Å². The third-order valence-electron chi connectivity index (χ3n) is 2.94. The fourth-order valence-electron chi connectivity index (χ4n) is 1.83. The van der Waals surface area contributed by atoms with E-state index in [-0.39, 0.29) is 17.3 Å². The van der Waals surface area contributed by atoms with Crippen LogP contribution in [0.5, 0.6) is 0 Å². The number of hydrogen-bond acceptors (Lipinski definition) is 3. The maximum atomic E-state index is 12.0. The van der Waals surface area contributed by atoms with Crippen molar-refractivity contribution in [1.82, 2.24) is 0 Å². The molecule has 0 aromatic carbocycles. The molecule has 2 N–H and O–H groups in total. The molecule has 0 amide bonds. The van der Waals surface area contributed by atoms with E-state index >= 15 is 0 Å². The van der Waals surface area contributed by atoms with E-state index in [1.807, 2.05) is 20.8 Å². The molecular weight excluding hydrogens is 279 g/mol. The second-order valence-corrected chi connectivity index (χ2v) is 6.44. The van der Waals surface area contributed by atoms with Gasteiger partial charge in [0.2, 0.25) is 0 Å². The molecule has 0 heterocycles. The predicted octanol–water partition coefficient (Wildman–Crippen LogP) is 3.75. The maximum Gasteiger partial charge on any atom is 0.352 e. The highest BCUT2D eigenvalue weighted by atomic mass is 31.2. The third-order valence-corrected chi connectivity index (χ3v) is 4.14. The topological polar surface area (TPSA) is 83.8 Å². The van der Waals surface area contributed by atoms with Crippen molar-refractivity contribution in [3.05, 3.63) is 10.9 Å². The van der Waals surface area contributed by atoms with Crippen LogP contribution in [-0.4, -0.2) is 22.4 Å². The number of unbranched alkanes of at least 4 members (excludes halogenated alkanes) is 2. The summed E-state index contributed by atoms with van der Waals surface area (Å²) in [6.45, 7) is 6.09. The summed E-state index contributed by atoms with van der Waals surface area (Å²) in [5.41, 5.74) is 0.172. The van der Waals surface area contributed by atoms with Crippen LogP contribution in [0.1, 0.15) is 65.7 Å². The van der Waals surface area contributed by atoms with Gasteiger partial charge in [-0.3, -0.25) is 4.57 Å². The number of rotatable bonds is 10. The summed E-state index contributed by atoms with van der Waals surface area (Å²) in [5, 5.41) is -0.0392. The van der Waals surface area contributed by atoms with E-state index < -0.39 is 13.6 Å². The van der Waals surface area contributed by atoms with Gasteiger partial charge in [0.1, 0.15) is 0 Å². The normalized spacial score (nSPS) is 13.1. The lowest BCUT2D eigenvalue weighted by atomic mass is 10.1. The largest absolute Gasteiger partial charge is 0.462 e. The van der Waals surface area contributed by atoms with E-state index in [1.54, 1.807) is 0 Å². The van der Waals surface area contributed by atoms with Gasteiger partial charge in [-0.1, -0.05) is 40.0 Å². The highest BCUT2D eigenvalue weighted by Gasteiger charge is 2.28. The van der Waals surface area contributed by atoms with Crippen molar-refractivity contribution in [3.8, 4) is 0 Å². The van der Waals surface area contributed by atoms with Crippen LogP contribution in [0.25, 0.3) is 0 Å². The summed E-state index contributed by atoms with van der Waals surface area (Å²) in [4.78, 5) is 31.0. The van der Waals surface area contributed by atoms with E-state index in [4.69, 9.17) is 4.74 Å². The number of esters is 1. The highest BCUT2D eigenvalue weighted by Crippen LogP contribution is 2.50. The van der Waals surface area contributed by atoms with Gasteiger partial charge in [-0.05, 0) is 25.7 Å². The average molecular weight is 306 g/mol. The van der Waals surface area contributed by atoms with Gasteiger partial charge >= 0.3 is 13.6 Å². The molecule has 0 fully saturated rings. The van der Waals surface area contributed by atoms with Crippen LogP contribution < -0.4 is 0 Å². The standard InChI is InChI=1S/C14H27O5P/c1-4-7-10-13(20(16,17)18)12(9-6-3)14(15)19-11-8-5-2/h4-11H2,1-3H3,(H2,16,17,18). The van der Waals surface area contributed by atoms with Gasteiger partial charge in [0.05, 0.1) is 11.9 Å². The number of hydrogen-bond donors (Lipinski definition) is 2. The van der Waals surface area contributed by atoms with Crippen LogP contribution in [0.2, 0.25) is 0 Å². The summed E-state index contributed by atoms with van der Waals surface area (Å²) in [5.74, 6) is -0.574. The first-order chi connectivity index (χ1) is 9.38. The first kappa shape index (κ1) is 19.4. The third kappa shape index (κ3) is 7.22. The molecule has 0 radical (unpaired) electrons. The van der Waals surface area contributed by atoms with Gasteiger partial charge in [0, 0.05) is 5.57 Å². The first-order valence-electron chi connectivity index (χ1n) is 7.33. The summed E-state index contributed by atoms with van der Waals surface area (Å²) in [7, 11) is -4.41. The number of allylic oxidation sites excluding steroid dienone is 1. The van der Waals surface area contributed by atoms with Crippen molar-refractivity contribution < 1.29 is 23.9 Å². The van der Waals surface area contributed by atoms with Gasteiger partial charge < -0.3 is 14.5 Å². The summed E-state index contributed by atoms with van der Waals surface area (Å²) in [6, 6.07) is 0. The minimum Gasteiger partial charge on any atom is -0.462 e. The highest BCUT2D eigenvalue weighted by molar-refractivity contribution is 7.56. The molecule has 0 bridgehead atoms. The molecule has 0 unspecified atom stereocenters. The van der Waals surface area contributed by atoms with Crippen molar-refractivity contribution in [2.75, 3.05) is 6.61 Å². The number of ether oxygens (including phenoxy) is 1. The van der Waals surface area contributed by atoms with E-state index in [0.717, 1.165) is 19.3 Å². The molecule has 20 heavy (non-hydrogen) atoms. The molecule has 0 spiro atoms. The molecule has 0 aliphatic carbocycles. The second-order valence-electron chi connectivity index (χ2n) is 4.81. The molecule has 0 aromatic heterocycles. The molecule has 0 saturated carbocycles. The smallest absolute Gasteiger partial charge is 0.352 e. The Morgan fingerprint density at radius 2 is 1.60 bits per heavy atom. The fourth-order valence-corrected chi connectivity index (χ4v) is 2.83. The van der Waals surface area contributed by atoms with Gasteiger partial charge in [0.15, 0.2) is 0 Å². The van der Waals surface area contributed by atoms with Crippen LogP contribution >= 0.6 is 7.60 Å². The lowest BCUT2D eigenvalue weighted by Crippen LogP contribution is -2.12. The van der Waals surface area contributed by atoms with E-state index in [1.165, 1.54) is 0 Å². The summed E-state index contributed by atoms with van der Waals surface area (Å²) < 4.78 is 16.7. The molecule has 6 heteroatoms. The maximum absolute atomic E-state index is 12.0. The molecular formula is C14H27O5P. The Kier molecular flexibility index (Phi) is 9.82. The van der Waals surface area contributed by atoms with Gasteiger partial charge in [-0.15, -0.1) is 0 Å². The quantitative estimate of drug-likeness (QED) is 0.278. The number of carbonyl (C=O) groups is 1. The lowest BCUT2D eigenvalue weighted by Gasteiger charge is -2.15. The minimum atomic E-state index is -4.41. The minimum absolute atomic E-state index is 0.0392. The van der Waals surface area contributed by atoms with E-state index in [0.29, 0.717) is 25.9 Å². The van der Waals surface area contributed by atoms with Crippen LogP contribution in [0.4, 0.5) is 0 Å². The predicted molar refractivity (Wildman–Crippen MR) is 79.4 cm³/mol. The molecule has 0 rings (SSSR count). The molecule has 118 valence electrons. The average Bonchev–Trinajstić information content (AvgIpc) is 2.36. The Hall–Kier alpha value is -0.640. The molecule has 0 atom stereocenters. The zero-order chi connectivity index (χ0) is 15.6. The molecule has 0 aromatic rings. The van der Waals surface area contributed by atoms with Crippen molar-refractivity contribution in [2.24, 2.45) is 0 Å². The molecule has 5 nitrogen and oxygen atoms in total. The molecule has 0 aliphatic rings. The molecule has 0 saturated heterocycles. The zero-order valence-electron chi connectivity index (χ0n) is 12.7. The van der Waals surface area contributed by atoms with Gasteiger partial charge in [-0.2, -0.15) is 0 Å². The SMILES string of the molecule is CCCCOC(=O)C(CCC)=C(CCCC)P(=O)(O)O. The summed E-state index contributed by atoms with van der Waals surface area (Å²) >= 11 is 0. The van der Waals surface area contributed by atoms with Crippen molar-refractivity contribution in [3.63, 3.8) is 0 Å². The molecule has 0 aliphatic heterocycles.